The smallest absolute Gasteiger partial charge is 0.338 e. The van der Waals surface area contributed by atoms with Crippen molar-refractivity contribution in [2.75, 3.05) is 19.8 Å². The molecule has 1 aliphatic rings. The highest BCUT2D eigenvalue weighted by atomic mass is 79.9. The van der Waals surface area contributed by atoms with Crippen molar-refractivity contribution in [2.45, 2.75) is 40.7 Å². The van der Waals surface area contributed by atoms with E-state index in [0.29, 0.717) is 45.3 Å². The molecule has 0 unspecified atom stereocenters. The van der Waals surface area contributed by atoms with Gasteiger partial charge in [0.1, 0.15) is 0 Å². The summed E-state index contributed by atoms with van der Waals surface area (Å²) in [4.78, 5) is 32.0. The summed E-state index contributed by atoms with van der Waals surface area (Å²) < 4.78 is 19.7. The lowest BCUT2D eigenvalue weighted by molar-refractivity contribution is -0.139. The lowest BCUT2D eigenvalue weighted by atomic mass is 9.95. The van der Waals surface area contributed by atoms with Gasteiger partial charge in [-0.15, -0.1) is 0 Å². The first-order valence-electron chi connectivity index (χ1n) is 12.1. The van der Waals surface area contributed by atoms with E-state index in [1.807, 2.05) is 63.2 Å². The van der Waals surface area contributed by atoms with E-state index < -0.39 is 12.0 Å². The summed E-state index contributed by atoms with van der Waals surface area (Å²) in [7, 11) is 0. The number of aromatic nitrogens is 1. The summed E-state index contributed by atoms with van der Waals surface area (Å²) in [5.74, 6) is 0.744. The average Bonchev–Trinajstić information content (AvgIpc) is 3.15. The number of carbonyl (C=O) groups excluding carboxylic acids is 1. The standard InChI is InChI=1S/C28H29BrN2O5S/c1-6-34-21-14-18(13-20(29)25(21)35-7-2)15-22-26(32)31-24(19-11-9-16(4)10-12-19)23(27(33)36-8-3)17(5)30-28(31)37-22/h9-15,24H,6-8H2,1-5H3/b22-15-/t24-/m1/s1. The molecular weight excluding hydrogens is 556 g/mol. The Morgan fingerprint density at radius 1 is 1.08 bits per heavy atom. The lowest BCUT2D eigenvalue weighted by Gasteiger charge is -2.24. The molecular formula is C28H29BrN2O5S. The van der Waals surface area contributed by atoms with Crippen molar-refractivity contribution in [3.8, 4) is 11.5 Å². The van der Waals surface area contributed by atoms with Gasteiger partial charge in [-0.3, -0.25) is 9.36 Å². The van der Waals surface area contributed by atoms with Crippen LogP contribution in [0, 0.1) is 6.92 Å². The van der Waals surface area contributed by atoms with Crippen molar-refractivity contribution in [1.82, 2.24) is 4.57 Å². The maximum atomic E-state index is 13.8. The summed E-state index contributed by atoms with van der Waals surface area (Å²) in [6, 6.07) is 10.9. The SMILES string of the molecule is CCOC(=O)C1=C(C)N=c2s/c(=C\c3cc(Br)c(OCC)c(OCC)c3)c(=O)n2[C@@H]1c1ccc(C)cc1. The Balaban J connectivity index is 1.91. The monoisotopic (exact) mass is 584 g/mol. The van der Waals surface area contributed by atoms with Gasteiger partial charge in [-0.2, -0.15) is 0 Å². The van der Waals surface area contributed by atoms with Crippen LogP contribution < -0.4 is 24.4 Å². The summed E-state index contributed by atoms with van der Waals surface area (Å²) in [6.07, 6.45) is 1.81. The maximum absolute atomic E-state index is 13.8. The predicted octanol–water partition coefficient (Wildman–Crippen LogP) is 4.67. The van der Waals surface area contributed by atoms with Gasteiger partial charge < -0.3 is 14.2 Å². The molecule has 0 saturated heterocycles. The van der Waals surface area contributed by atoms with Gasteiger partial charge >= 0.3 is 5.97 Å². The molecule has 37 heavy (non-hydrogen) atoms. The topological polar surface area (TPSA) is 79.1 Å². The molecule has 1 aromatic heterocycles. The van der Waals surface area contributed by atoms with E-state index in [2.05, 4.69) is 20.9 Å². The van der Waals surface area contributed by atoms with Crippen LogP contribution in [0.3, 0.4) is 0 Å². The zero-order chi connectivity index (χ0) is 26.7. The molecule has 3 aromatic rings. The third-order valence-electron chi connectivity index (χ3n) is 5.83. The average molecular weight is 586 g/mol. The third kappa shape index (κ3) is 5.43. The van der Waals surface area contributed by atoms with Crippen LogP contribution in [0.1, 0.15) is 50.4 Å². The van der Waals surface area contributed by atoms with Gasteiger partial charge in [0.15, 0.2) is 16.3 Å². The Kier molecular flexibility index (Phi) is 8.34. The second kappa shape index (κ2) is 11.5. The van der Waals surface area contributed by atoms with Gasteiger partial charge in [-0.1, -0.05) is 41.2 Å². The molecule has 0 spiro atoms. The number of rotatable bonds is 8. The first-order valence-corrected chi connectivity index (χ1v) is 13.7. The number of allylic oxidation sites excluding steroid dienone is 1. The van der Waals surface area contributed by atoms with Gasteiger partial charge in [-0.05, 0) is 79.9 Å². The predicted molar refractivity (Wildman–Crippen MR) is 148 cm³/mol. The van der Waals surface area contributed by atoms with Crippen molar-refractivity contribution >= 4 is 39.3 Å². The highest BCUT2D eigenvalue weighted by Crippen LogP contribution is 2.37. The van der Waals surface area contributed by atoms with E-state index in [-0.39, 0.29) is 12.2 Å². The number of aryl methyl sites for hydroxylation is 1. The molecule has 0 aliphatic carbocycles. The number of esters is 1. The maximum Gasteiger partial charge on any atom is 0.338 e. The van der Waals surface area contributed by atoms with E-state index >= 15 is 0 Å². The fraction of sp³-hybridized carbons (Fsp3) is 0.321. The first kappa shape index (κ1) is 26.9. The van der Waals surface area contributed by atoms with E-state index in [0.717, 1.165) is 21.2 Å². The number of fused-ring (bicyclic) bond motifs is 1. The van der Waals surface area contributed by atoms with Gasteiger partial charge in [0.25, 0.3) is 5.56 Å². The van der Waals surface area contributed by atoms with Gasteiger partial charge in [0.2, 0.25) is 0 Å². The van der Waals surface area contributed by atoms with Crippen LogP contribution >= 0.6 is 27.3 Å². The molecule has 0 amide bonds. The minimum Gasteiger partial charge on any atom is -0.490 e. The van der Waals surface area contributed by atoms with Crippen molar-refractivity contribution in [3.63, 3.8) is 0 Å². The van der Waals surface area contributed by atoms with Crippen molar-refractivity contribution in [2.24, 2.45) is 4.99 Å². The molecule has 2 aromatic carbocycles. The number of ether oxygens (including phenoxy) is 3. The molecule has 0 bridgehead atoms. The van der Waals surface area contributed by atoms with E-state index in [4.69, 9.17) is 14.2 Å². The van der Waals surface area contributed by atoms with Crippen molar-refractivity contribution in [3.05, 3.63) is 88.5 Å². The van der Waals surface area contributed by atoms with Gasteiger partial charge in [0.05, 0.1) is 46.1 Å². The number of hydrogen-bond acceptors (Lipinski definition) is 7. The van der Waals surface area contributed by atoms with Crippen LogP contribution in [0.5, 0.6) is 11.5 Å². The fourth-order valence-corrected chi connectivity index (χ4v) is 5.85. The van der Waals surface area contributed by atoms with E-state index in [1.54, 1.807) is 18.4 Å². The molecule has 1 atom stereocenters. The van der Waals surface area contributed by atoms with Crippen LogP contribution in [0.2, 0.25) is 0 Å². The largest absolute Gasteiger partial charge is 0.490 e. The van der Waals surface area contributed by atoms with Crippen molar-refractivity contribution < 1.29 is 19.0 Å². The van der Waals surface area contributed by atoms with Crippen LogP contribution in [-0.2, 0) is 9.53 Å². The number of carbonyl (C=O) groups is 1. The number of thiazole rings is 1. The number of halogens is 1. The van der Waals surface area contributed by atoms with Crippen molar-refractivity contribution in [1.29, 1.82) is 0 Å². The quantitative estimate of drug-likeness (QED) is 0.360. The molecule has 194 valence electrons. The van der Waals surface area contributed by atoms with Crippen LogP contribution in [0.25, 0.3) is 6.08 Å². The molecule has 0 saturated carbocycles. The van der Waals surface area contributed by atoms with Crippen LogP contribution in [-0.4, -0.2) is 30.4 Å². The van der Waals surface area contributed by atoms with E-state index in [9.17, 15) is 9.59 Å². The van der Waals surface area contributed by atoms with Crippen LogP contribution in [0.15, 0.2) is 61.9 Å². The normalized spacial score (nSPS) is 15.3. The Morgan fingerprint density at radius 2 is 1.78 bits per heavy atom. The Morgan fingerprint density at radius 3 is 2.43 bits per heavy atom. The van der Waals surface area contributed by atoms with Gasteiger partial charge in [0, 0.05) is 0 Å². The summed E-state index contributed by atoms with van der Waals surface area (Å²) >= 11 is 4.85. The molecule has 9 heteroatoms. The summed E-state index contributed by atoms with van der Waals surface area (Å²) in [5, 5.41) is 0. The molecule has 0 radical (unpaired) electrons. The molecule has 4 rings (SSSR count). The first-order chi connectivity index (χ1) is 17.8. The zero-order valence-electron chi connectivity index (χ0n) is 21.5. The molecule has 0 N–H and O–H groups in total. The fourth-order valence-electron chi connectivity index (χ4n) is 4.23. The number of nitrogens with zero attached hydrogens (tertiary/aromatic N) is 2. The highest BCUT2D eigenvalue weighted by Gasteiger charge is 2.33. The minimum absolute atomic E-state index is 0.230. The second-order valence-corrected chi connectivity index (χ2v) is 10.3. The van der Waals surface area contributed by atoms with Gasteiger partial charge in [-0.25, -0.2) is 9.79 Å². The molecule has 2 heterocycles. The Bertz CT molecular complexity index is 1540. The lowest BCUT2D eigenvalue weighted by Crippen LogP contribution is -2.39. The van der Waals surface area contributed by atoms with E-state index in [1.165, 1.54) is 11.3 Å². The second-order valence-electron chi connectivity index (χ2n) is 8.41. The summed E-state index contributed by atoms with van der Waals surface area (Å²) in [6.45, 7) is 10.6. The zero-order valence-corrected chi connectivity index (χ0v) is 23.9. The van der Waals surface area contributed by atoms with Crippen LogP contribution in [0.4, 0.5) is 0 Å². The highest BCUT2D eigenvalue weighted by molar-refractivity contribution is 9.10. The number of hydrogen-bond donors (Lipinski definition) is 0. The Labute approximate surface area is 227 Å². The number of benzene rings is 2. The minimum atomic E-state index is -0.635. The molecule has 0 fully saturated rings. The molecule has 7 nitrogen and oxygen atoms in total. The third-order valence-corrected chi connectivity index (χ3v) is 7.40. The molecule has 1 aliphatic heterocycles. The summed E-state index contributed by atoms with van der Waals surface area (Å²) in [5.41, 5.74) is 3.36. The Hall–Kier alpha value is -3.17.